The zero-order valence-electron chi connectivity index (χ0n) is 12.5. The molecule has 0 unspecified atom stereocenters. The molecule has 7 heteroatoms. The molecule has 0 atom stereocenters. The summed E-state index contributed by atoms with van der Waals surface area (Å²) >= 11 is 0. The molecule has 0 spiro atoms. The first-order chi connectivity index (χ1) is 11.2. The Labute approximate surface area is 133 Å². The maximum Gasteiger partial charge on any atom is 0.287 e. The molecule has 0 N–H and O–H groups in total. The molecule has 0 saturated carbocycles. The van der Waals surface area contributed by atoms with Crippen molar-refractivity contribution in [3.8, 4) is 0 Å². The lowest BCUT2D eigenvalue weighted by Gasteiger charge is -2.36. The van der Waals surface area contributed by atoms with E-state index in [1.54, 1.807) is 6.07 Å². The number of anilines is 2. The SMILES string of the molecule is O=Cc1ccc(N2CCN(c3ccc([N+](=O)[O-])cn3)CC2)cc1. The summed E-state index contributed by atoms with van der Waals surface area (Å²) < 4.78 is 0. The van der Waals surface area contributed by atoms with E-state index in [2.05, 4.69) is 14.8 Å². The summed E-state index contributed by atoms with van der Waals surface area (Å²) in [5.41, 5.74) is 1.76. The third kappa shape index (κ3) is 3.28. The molecule has 7 nitrogen and oxygen atoms in total. The number of piperazine rings is 1. The molecule has 2 aromatic rings. The van der Waals surface area contributed by atoms with Crippen LogP contribution in [0.25, 0.3) is 0 Å². The lowest BCUT2D eigenvalue weighted by Crippen LogP contribution is -2.46. The van der Waals surface area contributed by atoms with Crippen molar-refractivity contribution in [2.24, 2.45) is 0 Å². The Kier molecular flexibility index (Phi) is 4.18. The van der Waals surface area contributed by atoms with E-state index in [-0.39, 0.29) is 5.69 Å². The number of hydrogen-bond donors (Lipinski definition) is 0. The molecule has 1 aliphatic rings. The monoisotopic (exact) mass is 312 g/mol. The summed E-state index contributed by atoms with van der Waals surface area (Å²) in [7, 11) is 0. The van der Waals surface area contributed by atoms with Crippen LogP contribution in [0.1, 0.15) is 10.4 Å². The average molecular weight is 312 g/mol. The first-order valence-electron chi connectivity index (χ1n) is 7.33. The van der Waals surface area contributed by atoms with E-state index in [1.165, 1.54) is 12.3 Å². The number of aldehydes is 1. The smallest absolute Gasteiger partial charge is 0.287 e. The number of hydrogen-bond acceptors (Lipinski definition) is 6. The maximum atomic E-state index is 10.7. The molecule has 0 aliphatic carbocycles. The number of rotatable bonds is 4. The first-order valence-corrected chi connectivity index (χ1v) is 7.33. The van der Waals surface area contributed by atoms with Crippen LogP contribution in [-0.4, -0.2) is 42.4 Å². The van der Waals surface area contributed by atoms with Crippen molar-refractivity contribution in [3.05, 3.63) is 58.3 Å². The van der Waals surface area contributed by atoms with Crippen LogP contribution in [0.5, 0.6) is 0 Å². The fraction of sp³-hybridized carbons (Fsp3) is 0.250. The van der Waals surface area contributed by atoms with Crippen molar-refractivity contribution in [1.29, 1.82) is 0 Å². The number of carbonyl (C=O) groups excluding carboxylic acids is 1. The number of benzene rings is 1. The van der Waals surface area contributed by atoms with Crippen molar-refractivity contribution in [2.75, 3.05) is 36.0 Å². The van der Waals surface area contributed by atoms with E-state index < -0.39 is 4.92 Å². The van der Waals surface area contributed by atoms with Gasteiger partial charge in [0.25, 0.3) is 5.69 Å². The van der Waals surface area contributed by atoms with Gasteiger partial charge in [-0.3, -0.25) is 14.9 Å². The second-order valence-corrected chi connectivity index (χ2v) is 5.32. The lowest BCUT2D eigenvalue weighted by molar-refractivity contribution is -0.385. The Hall–Kier alpha value is -2.96. The molecule has 0 radical (unpaired) electrons. The molecule has 118 valence electrons. The van der Waals surface area contributed by atoms with Gasteiger partial charge in [-0.1, -0.05) is 0 Å². The molecule has 1 aromatic heterocycles. The predicted octanol–water partition coefficient (Wildman–Crippen LogP) is 2.13. The summed E-state index contributed by atoms with van der Waals surface area (Å²) in [5.74, 6) is 0.756. The minimum Gasteiger partial charge on any atom is -0.368 e. The zero-order chi connectivity index (χ0) is 16.2. The summed E-state index contributed by atoms with van der Waals surface area (Å²) in [6, 6.07) is 10.7. The van der Waals surface area contributed by atoms with E-state index in [4.69, 9.17) is 0 Å². The third-order valence-electron chi connectivity index (χ3n) is 3.94. The highest BCUT2D eigenvalue weighted by atomic mass is 16.6. The maximum absolute atomic E-state index is 10.7. The van der Waals surface area contributed by atoms with Crippen LogP contribution in [0, 0.1) is 10.1 Å². The Balaban J connectivity index is 1.63. The molecule has 23 heavy (non-hydrogen) atoms. The van der Waals surface area contributed by atoms with Crippen LogP contribution in [0.3, 0.4) is 0 Å². The summed E-state index contributed by atoms with van der Waals surface area (Å²) in [6.07, 6.45) is 2.13. The zero-order valence-corrected chi connectivity index (χ0v) is 12.5. The molecule has 1 fully saturated rings. The van der Waals surface area contributed by atoms with E-state index >= 15 is 0 Å². The number of nitrogens with zero attached hydrogens (tertiary/aromatic N) is 4. The second kappa shape index (κ2) is 6.43. The van der Waals surface area contributed by atoms with Gasteiger partial charge in [0.15, 0.2) is 0 Å². The molecule has 3 rings (SSSR count). The molecule has 1 aromatic carbocycles. The molecule has 1 saturated heterocycles. The Morgan fingerprint density at radius 1 is 1.00 bits per heavy atom. The van der Waals surface area contributed by atoms with Gasteiger partial charge in [0.05, 0.1) is 4.92 Å². The van der Waals surface area contributed by atoms with Crippen LogP contribution >= 0.6 is 0 Å². The number of aromatic nitrogens is 1. The van der Waals surface area contributed by atoms with Crippen LogP contribution in [-0.2, 0) is 0 Å². The van der Waals surface area contributed by atoms with Gasteiger partial charge in [-0.25, -0.2) is 4.98 Å². The van der Waals surface area contributed by atoms with Crippen molar-refractivity contribution >= 4 is 23.5 Å². The quantitative estimate of drug-likeness (QED) is 0.489. The normalized spacial score (nSPS) is 14.6. The van der Waals surface area contributed by atoms with Crippen molar-refractivity contribution in [3.63, 3.8) is 0 Å². The summed E-state index contributed by atoms with van der Waals surface area (Å²) in [6.45, 7) is 3.25. The standard InChI is InChI=1S/C16H16N4O3/c21-12-13-1-3-14(4-2-13)18-7-9-19(10-8-18)16-6-5-15(11-17-16)20(22)23/h1-6,11-12H,7-10H2. The Morgan fingerprint density at radius 3 is 2.17 bits per heavy atom. The Morgan fingerprint density at radius 2 is 1.65 bits per heavy atom. The van der Waals surface area contributed by atoms with Crippen LogP contribution in [0.2, 0.25) is 0 Å². The first kappa shape index (κ1) is 15.0. The largest absolute Gasteiger partial charge is 0.368 e. The second-order valence-electron chi connectivity index (χ2n) is 5.32. The highest BCUT2D eigenvalue weighted by Gasteiger charge is 2.19. The topological polar surface area (TPSA) is 79.6 Å². The van der Waals surface area contributed by atoms with Crippen LogP contribution < -0.4 is 9.80 Å². The van der Waals surface area contributed by atoms with E-state index in [0.717, 1.165) is 44.0 Å². The van der Waals surface area contributed by atoms with Gasteiger partial charge in [0.2, 0.25) is 0 Å². The lowest BCUT2D eigenvalue weighted by atomic mass is 10.2. The minimum absolute atomic E-state index is 0.00246. The van der Waals surface area contributed by atoms with E-state index in [0.29, 0.717) is 5.56 Å². The number of pyridine rings is 1. The molecule has 1 aliphatic heterocycles. The van der Waals surface area contributed by atoms with E-state index in [1.807, 2.05) is 24.3 Å². The summed E-state index contributed by atoms with van der Waals surface area (Å²) in [4.78, 5) is 29.4. The number of carbonyl (C=O) groups is 1. The van der Waals surface area contributed by atoms with Crippen molar-refractivity contribution in [2.45, 2.75) is 0 Å². The van der Waals surface area contributed by atoms with Gasteiger partial charge >= 0.3 is 0 Å². The highest BCUT2D eigenvalue weighted by molar-refractivity contribution is 5.75. The van der Waals surface area contributed by atoms with Gasteiger partial charge in [-0.15, -0.1) is 0 Å². The number of nitro groups is 1. The van der Waals surface area contributed by atoms with Gasteiger partial charge in [-0.2, -0.15) is 0 Å². The van der Waals surface area contributed by atoms with Crippen molar-refractivity contribution < 1.29 is 9.72 Å². The highest BCUT2D eigenvalue weighted by Crippen LogP contribution is 2.21. The molecule has 0 bridgehead atoms. The molecular weight excluding hydrogens is 296 g/mol. The average Bonchev–Trinajstić information content (AvgIpc) is 2.62. The van der Waals surface area contributed by atoms with Crippen LogP contribution in [0.4, 0.5) is 17.2 Å². The van der Waals surface area contributed by atoms with Crippen molar-refractivity contribution in [1.82, 2.24) is 4.98 Å². The molecule has 2 heterocycles. The fourth-order valence-corrected chi connectivity index (χ4v) is 2.63. The van der Waals surface area contributed by atoms with Gasteiger partial charge in [0.1, 0.15) is 18.3 Å². The fourth-order valence-electron chi connectivity index (χ4n) is 2.63. The summed E-state index contributed by atoms with van der Waals surface area (Å²) in [5, 5.41) is 10.7. The van der Waals surface area contributed by atoms with Gasteiger partial charge in [0, 0.05) is 43.5 Å². The predicted molar refractivity (Wildman–Crippen MR) is 87.1 cm³/mol. The van der Waals surface area contributed by atoms with Gasteiger partial charge in [-0.05, 0) is 30.3 Å². The van der Waals surface area contributed by atoms with Gasteiger partial charge < -0.3 is 9.80 Å². The Bertz CT molecular complexity index is 692. The molecular formula is C16H16N4O3. The van der Waals surface area contributed by atoms with Crippen LogP contribution in [0.15, 0.2) is 42.6 Å². The minimum atomic E-state index is -0.447. The van der Waals surface area contributed by atoms with E-state index in [9.17, 15) is 14.9 Å². The molecule has 0 amide bonds. The third-order valence-corrected chi connectivity index (χ3v) is 3.94.